The number of thioether (sulfide) groups is 1. The molecule has 1 saturated heterocycles. The number of hydrogen-bond acceptors (Lipinski definition) is 3. The Morgan fingerprint density at radius 1 is 0.950 bits per heavy atom. The highest BCUT2D eigenvalue weighted by Crippen LogP contribution is 2.24. The van der Waals surface area contributed by atoms with E-state index in [-0.39, 0.29) is 11.2 Å². The average Bonchev–Trinajstić information content (AvgIpc) is 2.92. The Balaban J connectivity index is 2.04. The van der Waals surface area contributed by atoms with Gasteiger partial charge in [-0.15, -0.1) is 0 Å². The lowest BCUT2D eigenvalue weighted by Gasteiger charge is -2.10. The predicted molar refractivity (Wildman–Crippen MR) is 84.4 cm³/mol. The fourth-order valence-electron chi connectivity index (χ4n) is 2.27. The Morgan fingerprint density at radius 3 is 1.95 bits per heavy atom. The number of aliphatic imine (C=N–C) groups is 1. The summed E-state index contributed by atoms with van der Waals surface area (Å²) in [6.45, 7) is 0. The van der Waals surface area contributed by atoms with E-state index in [1.54, 1.807) is 0 Å². The van der Waals surface area contributed by atoms with E-state index < -0.39 is 0 Å². The lowest BCUT2D eigenvalue weighted by atomic mass is 10.0. The first-order valence-electron chi connectivity index (χ1n) is 6.70. The van der Waals surface area contributed by atoms with Crippen LogP contribution in [-0.2, 0) is 4.79 Å². The van der Waals surface area contributed by atoms with Gasteiger partial charge >= 0.3 is 0 Å². The van der Waals surface area contributed by atoms with Crippen molar-refractivity contribution in [3.8, 4) is 0 Å². The van der Waals surface area contributed by atoms with Crippen LogP contribution in [0.25, 0.3) is 0 Å². The molecule has 2 aromatic rings. The summed E-state index contributed by atoms with van der Waals surface area (Å²) in [5, 5.41) is 0.189. The summed E-state index contributed by atoms with van der Waals surface area (Å²) in [4.78, 5) is 16.6. The van der Waals surface area contributed by atoms with Crippen LogP contribution in [0, 0.1) is 0 Å². The van der Waals surface area contributed by atoms with E-state index in [1.807, 2.05) is 60.7 Å². The van der Waals surface area contributed by atoms with Crippen LogP contribution in [0.1, 0.15) is 17.5 Å². The SMILES string of the molecule is O=C1SCCC1N=C(c1ccccc1)c1ccccc1. The van der Waals surface area contributed by atoms with Gasteiger partial charge < -0.3 is 0 Å². The van der Waals surface area contributed by atoms with Gasteiger partial charge in [-0.2, -0.15) is 0 Å². The molecule has 1 heterocycles. The van der Waals surface area contributed by atoms with Crippen molar-refractivity contribution in [2.75, 3.05) is 5.75 Å². The molecule has 3 heteroatoms. The van der Waals surface area contributed by atoms with Crippen molar-refractivity contribution in [1.29, 1.82) is 0 Å². The number of rotatable bonds is 3. The maximum atomic E-state index is 11.8. The number of nitrogens with zero attached hydrogens (tertiary/aromatic N) is 1. The van der Waals surface area contributed by atoms with E-state index in [2.05, 4.69) is 0 Å². The molecular formula is C17H15NOS. The maximum Gasteiger partial charge on any atom is 0.213 e. The third-order valence-electron chi connectivity index (χ3n) is 3.29. The smallest absolute Gasteiger partial charge is 0.213 e. The Bertz CT molecular complexity index is 580. The van der Waals surface area contributed by atoms with E-state index in [0.717, 1.165) is 29.0 Å². The van der Waals surface area contributed by atoms with Crippen molar-refractivity contribution in [2.45, 2.75) is 12.5 Å². The molecule has 1 atom stereocenters. The van der Waals surface area contributed by atoms with E-state index in [1.165, 1.54) is 11.8 Å². The molecule has 0 N–H and O–H groups in total. The van der Waals surface area contributed by atoms with Crippen LogP contribution in [0.3, 0.4) is 0 Å². The molecule has 0 aromatic heterocycles. The number of carbonyl (C=O) groups excluding carboxylic acids is 1. The highest BCUT2D eigenvalue weighted by Gasteiger charge is 2.25. The number of carbonyl (C=O) groups is 1. The molecule has 0 saturated carbocycles. The van der Waals surface area contributed by atoms with Crippen LogP contribution in [-0.4, -0.2) is 22.6 Å². The predicted octanol–water partition coefficient (Wildman–Crippen LogP) is 3.56. The van der Waals surface area contributed by atoms with Crippen molar-refractivity contribution in [3.05, 3.63) is 71.8 Å². The molecule has 1 unspecified atom stereocenters. The Labute approximate surface area is 122 Å². The summed E-state index contributed by atoms with van der Waals surface area (Å²) in [6, 6.07) is 19.9. The molecule has 1 fully saturated rings. The fraction of sp³-hybridized carbons (Fsp3) is 0.176. The molecular weight excluding hydrogens is 266 g/mol. The van der Waals surface area contributed by atoms with Gasteiger partial charge in [0.1, 0.15) is 6.04 Å². The zero-order valence-electron chi connectivity index (χ0n) is 11.0. The quantitative estimate of drug-likeness (QED) is 0.805. The third kappa shape index (κ3) is 2.83. The highest BCUT2D eigenvalue weighted by atomic mass is 32.2. The van der Waals surface area contributed by atoms with Crippen molar-refractivity contribution in [2.24, 2.45) is 4.99 Å². The molecule has 0 radical (unpaired) electrons. The molecule has 100 valence electrons. The summed E-state index contributed by atoms with van der Waals surface area (Å²) in [6.07, 6.45) is 0.840. The van der Waals surface area contributed by atoms with Gasteiger partial charge in [-0.05, 0) is 6.42 Å². The zero-order chi connectivity index (χ0) is 13.8. The van der Waals surface area contributed by atoms with Gasteiger partial charge in [0.15, 0.2) is 0 Å². The topological polar surface area (TPSA) is 29.4 Å². The molecule has 0 amide bonds. The van der Waals surface area contributed by atoms with Crippen LogP contribution in [0.2, 0.25) is 0 Å². The Hall–Kier alpha value is -1.87. The molecule has 1 aliphatic rings. The number of hydrogen-bond donors (Lipinski definition) is 0. The molecule has 20 heavy (non-hydrogen) atoms. The second-order valence-corrected chi connectivity index (χ2v) is 5.78. The maximum absolute atomic E-state index is 11.8. The molecule has 2 nitrogen and oxygen atoms in total. The van der Waals surface area contributed by atoms with Crippen LogP contribution in [0.4, 0.5) is 0 Å². The third-order valence-corrected chi connectivity index (χ3v) is 4.28. The molecule has 0 bridgehead atoms. The minimum Gasteiger partial charge on any atom is -0.285 e. The monoisotopic (exact) mass is 281 g/mol. The Morgan fingerprint density at radius 2 is 1.50 bits per heavy atom. The summed E-state index contributed by atoms with van der Waals surface area (Å²) >= 11 is 1.39. The van der Waals surface area contributed by atoms with Gasteiger partial charge in [0.05, 0.1) is 5.71 Å². The van der Waals surface area contributed by atoms with E-state index >= 15 is 0 Å². The minimum atomic E-state index is -0.199. The second-order valence-electron chi connectivity index (χ2n) is 4.68. The van der Waals surface area contributed by atoms with Crippen LogP contribution in [0.5, 0.6) is 0 Å². The summed E-state index contributed by atoms with van der Waals surface area (Å²) < 4.78 is 0. The standard InChI is InChI=1S/C17H15NOS/c19-17-15(11-12-20-17)18-16(13-7-3-1-4-8-13)14-9-5-2-6-10-14/h1-10,15H,11-12H2. The van der Waals surface area contributed by atoms with Crippen LogP contribution < -0.4 is 0 Å². The first-order valence-corrected chi connectivity index (χ1v) is 7.68. The lowest BCUT2D eigenvalue weighted by Crippen LogP contribution is -2.14. The molecule has 2 aromatic carbocycles. The fourth-order valence-corrected chi connectivity index (χ4v) is 3.17. The second kappa shape index (κ2) is 6.06. The molecule has 0 spiro atoms. The van der Waals surface area contributed by atoms with Gasteiger partial charge in [-0.3, -0.25) is 9.79 Å². The first kappa shape index (κ1) is 13.1. The van der Waals surface area contributed by atoms with Gasteiger partial charge in [0, 0.05) is 16.9 Å². The lowest BCUT2D eigenvalue weighted by molar-refractivity contribution is -0.111. The van der Waals surface area contributed by atoms with E-state index in [4.69, 9.17) is 4.99 Å². The number of benzene rings is 2. The highest BCUT2D eigenvalue weighted by molar-refractivity contribution is 8.14. The molecule has 0 aliphatic carbocycles. The minimum absolute atomic E-state index is 0.189. The largest absolute Gasteiger partial charge is 0.285 e. The molecule has 1 aliphatic heterocycles. The Kier molecular flexibility index (Phi) is 3.97. The summed E-state index contributed by atoms with van der Waals surface area (Å²) in [5.41, 5.74) is 3.03. The summed E-state index contributed by atoms with van der Waals surface area (Å²) in [5.74, 6) is 0.879. The van der Waals surface area contributed by atoms with Crippen molar-refractivity contribution >= 4 is 22.6 Å². The summed E-state index contributed by atoms with van der Waals surface area (Å²) in [7, 11) is 0. The molecule has 3 rings (SSSR count). The van der Waals surface area contributed by atoms with Crippen molar-refractivity contribution in [1.82, 2.24) is 0 Å². The van der Waals surface area contributed by atoms with Crippen molar-refractivity contribution in [3.63, 3.8) is 0 Å². The van der Waals surface area contributed by atoms with Gasteiger partial charge in [0.2, 0.25) is 5.12 Å². The van der Waals surface area contributed by atoms with Gasteiger partial charge in [0.25, 0.3) is 0 Å². The van der Waals surface area contributed by atoms with E-state index in [0.29, 0.717) is 0 Å². The van der Waals surface area contributed by atoms with Crippen LogP contribution in [0.15, 0.2) is 65.7 Å². The zero-order valence-corrected chi connectivity index (χ0v) is 11.8. The van der Waals surface area contributed by atoms with Crippen LogP contribution >= 0.6 is 11.8 Å². The first-order chi connectivity index (χ1) is 9.84. The van der Waals surface area contributed by atoms with Gasteiger partial charge in [-0.1, -0.05) is 72.4 Å². The van der Waals surface area contributed by atoms with Crippen molar-refractivity contribution < 1.29 is 4.79 Å². The van der Waals surface area contributed by atoms with E-state index in [9.17, 15) is 4.79 Å². The normalized spacial score (nSPS) is 18.0. The van der Waals surface area contributed by atoms with Gasteiger partial charge in [-0.25, -0.2) is 0 Å². The average molecular weight is 281 g/mol.